The quantitative estimate of drug-likeness (QED) is 0.675. The van der Waals surface area contributed by atoms with Crippen LogP contribution in [0.3, 0.4) is 0 Å². The molecule has 20 heavy (non-hydrogen) atoms. The second-order valence-electron chi connectivity index (χ2n) is 5.39. The zero-order valence-electron chi connectivity index (χ0n) is 12.8. The molecule has 0 unspecified atom stereocenters. The molecule has 1 aliphatic rings. The summed E-state index contributed by atoms with van der Waals surface area (Å²) in [6, 6.07) is 8.24. The van der Waals surface area contributed by atoms with Gasteiger partial charge in [-0.3, -0.25) is 4.99 Å². The van der Waals surface area contributed by atoms with Gasteiger partial charge in [-0.15, -0.1) is 0 Å². The summed E-state index contributed by atoms with van der Waals surface area (Å²) < 4.78 is 5.97. The van der Waals surface area contributed by atoms with Crippen molar-refractivity contribution in [3.05, 3.63) is 29.8 Å². The van der Waals surface area contributed by atoms with Gasteiger partial charge in [0, 0.05) is 13.6 Å². The number of aliphatic imine (C=N–C) groups is 1. The van der Waals surface area contributed by atoms with Crippen molar-refractivity contribution in [2.75, 3.05) is 26.7 Å². The number of unbranched alkanes of at least 4 members (excludes halogenated alkanes) is 4. The van der Waals surface area contributed by atoms with Gasteiger partial charge in [0.15, 0.2) is 0 Å². The average Bonchev–Trinajstić information content (AvgIpc) is 2.89. The van der Waals surface area contributed by atoms with Crippen LogP contribution in [0.5, 0.6) is 5.75 Å². The van der Waals surface area contributed by atoms with Crippen molar-refractivity contribution in [2.24, 2.45) is 4.99 Å². The number of rotatable bonds is 8. The van der Waals surface area contributed by atoms with Crippen LogP contribution in [0.1, 0.15) is 44.6 Å². The molecule has 0 aliphatic carbocycles. The van der Waals surface area contributed by atoms with Crippen LogP contribution in [0.25, 0.3) is 0 Å². The Morgan fingerprint density at radius 1 is 1.15 bits per heavy atom. The maximum atomic E-state index is 5.97. The van der Waals surface area contributed by atoms with Gasteiger partial charge in [0.05, 0.1) is 18.7 Å². The van der Waals surface area contributed by atoms with Gasteiger partial charge in [0.25, 0.3) is 0 Å². The molecule has 0 saturated heterocycles. The number of ether oxygens (including phenoxy) is 1. The summed E-state index contributed by atoms with van der Waals surface area (Å²) in [5.74, 6) is 2.03. The number of hydrogen-bond donors (Lipinski definition) is 0. The second-order valence-corrected chi connectivity index (χ2v) is 5.39. The first kappa shape index (κ1) is 14.9. The monoisotopic (exact) mass is 274 g/mol. The van der Waals surface area contributed by atoms with Crippen LogP contribution in [0.15, 0.2) is 29.3 Å². The Hall–Kier alpha value is -1.51. The van der Waals surface area contributed by atoms with Gasteiger partial charge in [0.2, 0.25) is 0 Å². The Bertz CT molecular complexity index is 442. The van der Waals surface area contributed by atoms with Crippen LogP contribution < -0.4 is 4.74 Å². The SMILES string of the molecule is CCCCCCCOc1ccccc1C1=NCCN1C. The lowest BCUT2D eigenvalue weighted by molar-refractivity contribution is 0.303. The average molecular weight is 274 g/mol. The van der Waals surface area contributed by atoms with Crippen molar-refractivity contribution in [1.82, 2.24) is 4.90 Å². The van der Waals surface area contributed by atoms with Crippen molar-refractivity contribution < 1.29 is 4.74 Å². The smallest absolute Gasteiger partial charge is 0.134 e. The van der Waals surface area contributed by atoms with Crippen molar-refractivity contribution in [1.29, 1.82) is 0 Å². The molecule has 0 aromatic heterocycles. The lowest BCUT2D eigenvalue weighted by Crippen LogP contribution is -2.24. The van der Waals surface area contributed by atoms with Crippen LogP contribution in [-0.4, -0.2) is 37.5 Å². The topological polar surface area (TPSA) is 24.8 Å². The largest absolute Gasteiger partial charge is 0.493 e. The number of hydrogen-bond acceptors (Lipinski definition) is 3. The third-order valence-electron chi connectivity index (χ3n) is 3.69. The van der Waals surface area contributed by atoms with Crippen molar-refractivity contribution in [3.8, 4) is 5.75 Å². The van der Waals surface area contributed by atoms with E-state index in [4.69, 9.17) is 4.74 Å². The fourth-order valence-electron chi connectivity index (χ4n) is 2.49. The number of likely N-dealkylation sites (N-methyl/N-ethyl adjacent to an activating group) is 1. The normalized spacial score (nSPS) is 14.5. The molecule has 0 amide bonds. The van der Waals surface area contributed by atoms with Crippen LogP contribution in [-0.2, 0) is 0 Å². The molecule has 0 bridgehead atoms. The summed E-state index contributed by atoms with van der Waals surface area (Å²) in [6.45, 7) is 4.93. The van der Waals surface area contributed by atoms with E-state index in [1.54, 1.807) is 0 Å². The molecule has 3 nitrogen and oxygen atoms in total. The zero-order chi connectivity index (χ0) is 14.2. The molecule has 3 heteroatoms. The van der Waals surface area contributed by atoms with E-state index in [1.165, 1.54) is 25.7 Å². The molecule has 1 aromatic carbocycles. The molecule has 1 aromatic rings. The molecule has 1 heterocycles. The Balaban J connectivity index is 1.88. The van der Waals surface area contributed by atoms with Crippen LogP contribution >= 0.6 is 0 Å². The van der Waals surface area contributed by atoms with E-state index < -0.39 is 0 Å². The molecule has 0 atom stereocenters. The summed E-state index contributed by atoms with van der Waals surface area (Å²) in [4.78, 5) is 6.78. The van der Waals surface area contributed by atoms with E-state index in [9.17, 15) is 0 Å². The lowest BCUT2D eigenvalue weighted by Gasteiger charge is -2.17. The number of benzene rings is 1. The highest BCUT2D eigenvalue weighted by Crippen LogP contribution is 2.22. The summed E-state index contributed by atoms with van der Waals surface area (Å²) in [5.41, 5.74) is 1.13. The predicted octanol–water partition coefficient (Wildman–Crippen LogP) is 3.73. The van der Waals surface area contributed by atoms with Crippen LogP contribution in [0.2, 0.25) is 0 Å². The van der Waals surface area contributed by atoms with Crippen LogP contribution in [0, 0.1) is 0 Å². The maximum absolute atomic E-state index is 5.97. The summed E-state index contributed by atoms with van der Waals surface area (Å²) >= 11 is 0. The fraction of sp³-hybridized carbons (Fsp3) is 0.588. The molecule has 2 rings (SSSR count). The summed E-state index contributed by atoms with van der Waals surface area (Å²) in [6.07, 6.45) is 6.33. The molecule has 0 radical (unpaired) electrons. The van der Waals surface area contributed by atoms with E-state index in [2.05, 4.69) is 42.1 Å². The van der Waals surface area contributed by atoms with Crippen molar-refractivity contribution >= 4 is 5.84 Å². The van der Waals surface area contributed by atoms with Gasteiger partial charge in [-0.05, 0) is 18.6 Å². The van der Waals surface area contributed by atoms with Gasteiger partial charge in [-0.25, -0.2) is 0 Å². The maximum Gasteiger partial charge on any atom is 0.134 e. The molecule has 1 aliphatic heterocycles. The third-order valence-corrected chi connectivity index (χ3v) is 3.69. The first-order chi connectivity index (χ1) is 9.83. The van der Waals surface area contributed by atoms with Gasteiger partial charge in [-0.1, -0.05) is 44.7 Å². The minimum absolute atomic E-state index is 0.803. The Labute approximate surface area is 122 Å². The number of para-hydroxylation sites is 1. The van der Waals surface area contributed by atoms with Crippen molar-refractivity contribution in [2.45, 2.75) is 39.0 Å². The standard InChI is InChI=1S/C17H26N2O/c1-3-4-5-6-9-14-20-16-11-8-7-10-15(16)17-18-12-13-19(17)2/h7-8,10-11H,3-6,9,12-14H2,1-2H3. The van der Waals surface area contributed by atoms with Gasteiger partial charge in [0.1, 0.15) is 11.6 Å². The van der Waals surface area contributed by atoms with Crippen LogP contribution in [0.4, 0.5) is 0 Å². The Morgan fingerprint density at radius 3 is 2.70 bits per heavy atom. The second kappa shape index (κ2) is 7.93. The van der Waals surface area contributed by atoms with E-state index in [0.717, 1.165) is 43.3 Å². The molecule has 0 saturated carbocycles. The summed E-state index contributed by atoms with van der Waals surface area (Å²) in [7, 11) is 2.09. The van der Waals surface area contributed by atoms with E-state index in [1.807, 2.05) is 6.07 Å². The molecule has 0 fully saturated rings. The highest BCUT2D eigenvalue weighted by molar-refractivity contribution is 6.01. The Morgan fingerprint density at radius 2 is 1.95 bits per heavy atom. The third kappa shape index (κ3) is 3.99. The lowest BCUT2D eigenvalue weighted by atomic mass is 10.1. The van der Waals surface area contributed by atoms with Gasteiger partial charge < -0.3 is 9.64 Å². The van der Waals surface area contributed by atoms with E-state index in [0.29, 0.717) is 0 Å². The minimum Gasteiger partial charge on any atom is -0.493 e. The highest BCUT2D eigenvalue weighted by atomic mass is 16.5. The molecule has 0 N–H and O–H groups in total. The van der Waals surface area contributed by atoms with E-state index in [-0.39, 0.29) is 0 Å². The number of amidine groups is 1. The molecule has 0 spiro atoms. The minimum atomic E-state index is 0.803. The first-order valence-electron chi connectivity index (χ1n) is 7.80. The van der Waals surface area contributed by atoms with Gasteiger partial charge in [-0.2, -0.15) is 0 Å². The number of nitrogens with zero attached hydrogens (tertiary/aromatic N) is 2. The van der Waals surface area contributed by atoms with Gasteiger partial charge >= 0.3 is 0 Å². The molecular weight excluding hydrogens is 248 g/mol. The molecule has 110 valence electrons. The Kier molecular flexibility index (Phi) is 5.90. The predicted molar refractivity (Wildman–Crippen MR) is 84.7 cm³/mol. The zero-order valence-corrected chi connectivity index (χ0v) is 12.8. The van der Waals surface area contributed by atoms with Crippen molar-refractivity contribution in [3.63, 3.8) is 0 Å². The highest BCUT2D eigenvalue weighted by Gasteiger charge is 2.17. The van der Waals surface area contributed by atoms with E-state index >= 15 is 0 Å². The first-order valence-corrected chi connectivity index (χ1v) is 7.80. The summed E-state index contributed by atoms with van der Waals surface area (Å²) in [5, 5.41) is 0. The molecular formula is C17H26N2O. The fourth-order valence-corrected chi connectivity index (χ4v) is 2.49.